The van der Waals surface area contributed by atoms with Crippen LogP contribution < -0.4 is 24.8 Å². The molecule has 4 rings (SSSR count). The van der Waals surface area contributed by atoms with Crippen LogP contribution in [0.5, 0.6) is 0 Å². The fourth-order valence-corrected chi connectivity index (χ4v) is 4.10. The zero-order valence-electron chi connectivity index (χ0n) is 16.6. The Balaban J connectivity index is 0.000000415. The third kappa shape index (κ3) is 8.33. The summed E-state index contributed by atoms with van der Waals surface area (Å²) in [6.45, 7) is 8.88. The van der Waals surface area contributed by atoms with E-state index in [0.717, 1.165) is 30.1 Å². The second-order valence-electron chi connectivity index (χ2n) is 7.62. The zero-order valence-corrected chi connectivity index (χ0v) is 22.7. The van der Waals surface area contributed by atoms with E-state index >= 15 is 0 Å². The van der Waals surface area contributed by atoms with Gasteiger partial charge in [0.1, 0.15) is 0 Å². The van der Waals surface area contributed by atoms with Gasteiger partial charge in [0.05, 0.1) is 0 Å². The van der Waals surface area contributed by atoms with Gasteiger partial charge in [0.25, 0.3) is 0 Å². The fourth-order valence-electron chi connectivity index (χ4n) is 4.10. The van der Waals surface area contributed by atoms with Crippen molar-refractivity contribution in [1.82, 2.24) is 0 Å². The summed E-state index contributed by atoms with van der Waals surface area (Å²) >= 11 is 1.45. The molecule has 0 spiro atoms. The number of rotatable bonds is 0. The Morgan fingerprint density at radius 3 is 2.23 bits per heavy atom. The summed E-state index contributed by atoms with van der Waals surface area (Å²) in [7, 11) is 0. The predicted molar refractivity (Wildman–Crippen MR) is 103 cm³/mol. The maximum absolute atomic E-state index is 3.19. The van der Waals surface area contributed by atoms with Crippen molar-refractivity contribution in [3.05, 3.63) is 54.0 Å². The predicted octanol–water partition coefficient (Wildman–Crippen LogP) is 0.247. The van der Waals surface area contributed by atoms with Crippen molar-refractivity contribution in [2.24, 2.45) is 23.7 Å². The molecule has 4 aliphatic carbocycles. The molecule has 4 heteroatoms. The van der Waals surface area contributed by atoms with Crippen LogP contribution >= 0.6 is 0 Å². The van der Waals surface area contributed by atoms with Crippen LogP contribution in [0.2, 0.25) is 13.1 Å². The molecule has 2 saturated carbocycles. The smallest absolute Gasteiger partial charge is 1.00 e. The van der Waals surface area contributed by atoms with Gasteiger partial charge < -0.3 is 31.2 Å². The summed E-state index contributed by atoms with van der Waals surface area (Å²) < 4.78 is 0. The number of fused-ring (bicyclic) bond motifs is 3. The van der Waals surface area contributed by atoms with Gasteiger partial charge in [0, 0.05) is 0 Å². The molecular weight excluding hydrogens is 542 g/mol. The average Bonchev–Trinajstić information content (AvgIpc) is 3.11. The van der Waals surface area contributed by atoms with E-state index in [0.29, 0.717) is 0 Å². The molecule has 4 atom stereocenters. The summed E-state index contributed by atoms with van der Waals surface area (Å²) in [6, 6.07) is 0. The molecule has 26 heavy (non-hydrogen) atoms. The molecule has 4 aliphatic rings. The maximum Gasteiger partial charge on any atom is -1.00 e. The van der Waals surface area contributed by atoms with E-state index in [-0.39, 0.29) is 30.3 Å². The molecule has 0 N–H and O–H groups in total. The number of hydrogen-bond acceptors (Lipinski definition) is 0. The van der Waals surface area contributed by atoms with Gasteiger partial charge in [-0.2, -0.15) is 12.0 Å². The molecule has 0 aliphatic heterocycles. The van der Waals surface area contributed by atoms with E-state index < -0.39 is 0 Å². The van der Waals surface area contributed by atoms with Gasteiger partial charge in [0.2, 0.25) is 0 Å². The van der Waals surface area contributed by atoms with Crippen molar-refractivity contribution in [3.63, 3.8) is 0 Å². The van der Waals surface area contributed by atoms with Crippen LogP contribution in [0.1, 0.15) is 46.0 Å². The van der Waals surface area contributed by atoms with E-state index in [2.05, 4.69) is 69.8 Å². The minimum absolute atomic E-state index is 0. The van der Waals surface area contributed by atoms with Crippen LogP contribution in [0.4, 0.5) is 0 Å². The van der Waals surface area contributed by atoms with E-state index in [9.17, 15) is 0 Å². The van der Waals surface area contributed by atoms with E-state index in [1.165, 1.54) is 59.8 Å². The molecule has 0 heterocycles. The zero-order chi connectivity index (χ0) is 17.5. The van der Waals surface area contributed by atoms with Gasteiger partial charge in [0.15, 0.2) is 0 Å². The number of allylic oxidation sites excluding steroid dienone is 8. The summed E-state index contributed by atoms with van der Waals surface area (Å²) in [5.74, 6) is 3.56. The normalized spacial score (nSPS) is 29.9. The maximum atomic E-state index is 3.19. The Morgan fingerprint density at radius 2 is 1.69 bits per heavy atom. The van der Waals surface area contributed by atoms with Gasteiger partial charge in [-0.15, -0.1) is 25.3 Å². The van der Waals surface area contributed by atoms with Gasteiger partial charge in [-0.05, 0) is 5.92 Å². The first-order valence-electron chi connectivity index (χ1n) is 9.45. The monoisotopic (exact) mass is 574 g/mol. The minimum Gasteiger partial charge on any atom is -1.00 e. The first-order chi connectivity index (χ1) is 11.5. The first kappa shape index (κ1) is 26.6. The SMILES string of the molecule is C1=CC2[CH-]C3CCCCC3C2C=C1.CC1=[C-]CC=C1C.C[Si](C)=[Hf+2].[Cl-].[Cl-]. The van der Waals surface area contributed by atoms with Crippen molar-refractivity contribution in [3.8, 4) is 0 Å². The second-order valence-corrected chi connectivity index (χ2v) is 20.4. The van der Waals surface area contributed by atoms with Gasteiger partial charge in [-0.1, -0.05) is 56.8 Å². The Kier molecular flexibility index (Phi) is 14.1. The Bertz CT molecular complexity index is 542. The van der Waals surface area contributed by atoms with Gasteiger partial charge >= 0.3 is 41.6 Å². The molecule has 0 aromatic rings. The molecule has 0 amide bonds. The molecule has 0 aromatic heterocycles. The molecule has 144 valence electrons. The topological polar surface area (TPSA) is 0 Å². The quantitative estimate of drug-likeness (QED) is 0.288. The number of halogens is 2. The van der Waals surface area contributed by atoms with Crippen LogP contribution in [0.3, 0.4) is 0 Å². The Hall–Kier alpha value is 0.627. The van der Waals surface area contributed by atoms with Gasteiger partial charge in [-0.25, -0.2) is 11.1 Å². The average molecular weight is 574 g/mol. The van der Waals surface area contributed by atoms with Gasteiger partial charge in [-0.3, -0.25) is 6.08 Å². The molecule has 2 fully saturated rings. The largest absolute Gasteiger partial charge is 1.00 e. The van der Waals surface area contributed by atoms with Crippen LogP contribution in [-0.4, -0.2) is 5.49 Å². The van der Waals surface area contributed by atoms with Crippen molar-refractivity contribution in [1.29, 1.82) is 0 Å². The molecule has 0 aromatic carbocycles. The third-order valence-corrected chi connectivity index (χ3v) is 5.43. The molecule has 4 unspecified atom stereocenters. The minimum atomic E-state index is 0. The third-order valence-electron chi connectivity index (χ3n) is 5.43. The second kappa shape index (κ2) is 13.7. The molecule has 0 bridgehead atoms. The summed E-state index contributed by atoms with van der Waals surface area (Å²) in [6.07, 6.45) is 24.2. The number of hydrogen-bond donors (Lipinski definition) is 0. The van der Waals surface area contributed by atoms with Crippen molar-refractivity contribution < 1.29 is 47.8 Å². The van der Waals surface area contributed by atoms with Crippen LogP contribution in [0.15, 0.2) is 41.5 Å². The molecule has 0 saturated heterocycles. The molecule has 0 nitrogen and oxygen atoms in total. The van der Waals surface area contributed by atoms with E-state index in [1.54, 1.807) is 0 Å². The van der Waals surface area contributed by atoms with Crippen LogP contribution in [0, 0.1) is 36.2 Å². The first-order valence-corrected chi connectivity index (χ1v) is 17.3. The van der Waals surface area contributed by atoms with E-state index in [1.807, 2.05) is 0 Å². The summed E-state index contributed by atoms with van der Waals surface area (Å²) in [5, 5.41) is 0. The Labute approximate surface area is 189 Å². The van der Waals surface area contributed by atoms with Crippen molar-refractivity contribution >= 4 is 5.49 Å². The molecular formula is C22H32Cl2HfSi-2. The van der Waals surface area contributed by atoms with Crippen LogP contribution in [-0.2, 0) is 23.0 Å². The summed E-state index contributed by atoms with van der Waals surface area (Å²) in [4.78, 5) is 0. The van der Waals surface area contributed by atoms with Crippen LogP contribution in [0.25, 0.3) is 0 Å². The summed E-state index contributed by atoms with van der Waals surface area (Å²) in [5.41, 5.74) is 2.97. The van der Waals surface area contributed by atoms with Crippen molar-refractivity contribution in [2.75, 3.05) is 0 Å². The fraction of sp³-hybridized carbons (Fsp3) is 0.591. The van der Waals surface area contributed by atoms with Crippen molar-refractivity contribution in [2.45, 2.75) is 59.0 Å². The Morgan fingerprint density at radius 1 is 1.08 bits per heavy atom. The van der Waals surface area contributed by atoms with E-state index in [4.69, 9.17) is 0 Å². The molecule has 0 radical (unpaired) electrons. The standard InChI is InChI=1S/C13H17.C7H9.C2H6Si.2ClH.Hf/c1-3-7-12-10(5-1)9-11-6-2-4-8-13(11)12;1-6-4-3-5-7(6)2;1-3-2;;;/h1,3,5,7,9-13H,2,4,6,8H2;4H,3H2,1-2H3;1-2H3;2*1H;/q2*-1;;;;+2/p-2.